The standard InChI is InChI=1S/C13H19F3N2O2/c1-19-11-7-3-5-9(12(11)20-2)10(18-17)6-4-8-13(14,15)16/h3,5,7,10,18H,4,6,8,17H2,1-2H3. The van der Waals surface area contributed by atoms with E-state index < -0.39 is 18.6 Å². The predicted molar refractivity (Wildman–Crippen MR) is 69.5 cm³/mol. The summed E-state index contributed by atoms with van der Waals surface area (Å²) in [5, 5.41) is 0. The molecule has 0 aliphatic rings. The lowest BCUT2D eigenvalue weighted by molar-refractivity contribution is -0.135. The van der Waals surface area contributed by atoms with E-state index in [1.165, 1.54) is 14.2 Å². The van der Waals surface area contributed by atoms with Crippen LogP contribution in [0.25, 0.3) is 0 Å². The molecule has 0 saturated heterocycles. The number of hydrazine groups is 1. The third-order valence-electron chi connectivity index (χ3n) is 2.96. The Morgan fingerprint density at radius 3 is 2.45 bits per heavy atom. The highest BCUT2D eigenvalue weighted by molar-refractivity contribution is 5.48. The van der Waals surface area contributed by atoms with E-state index in [4.69, 9.17) is 15.3 Å². The van der Waals surface area contributed by atoms with Crippen LogP contribution in [0.15, 0.2) is 18.2 Å². The smallest absolute Gasteiger partial charge is 0.389 e. The van der Waals surface area contributed by atoms with Crippen molar-refractivity contribution < 1.29 is 22.6 Å². The van der Waals surface area contributed by atoms with E-state index in [9.17, 15) is 13.2 Å². The molecule has 1 unspecified atom stereocenters. The van der Waals surface area contributed by atoms with E-state index in [-0.39, 0.29) is 12.8 Å². The molecule has 0 radical (unpaired) electrons. The van der Waals surface area contributed by atoms with Gasteiger partial charge < -0.3 is 9.47 Å². The Morgan fingerprint density at radius 1 is 1.25 bits per heavy atom. The van der Waals surface area contributed by atoms with E-state index in [0.29, 0.717) is 17.1 Å². The first-order chi connectivity index (χ1) is 9.42. The predicted octanol–water partition coefficient (Wildman–Crippen LogP) is 2.94. The van der Waals surface area contributed by atoms with Crippen molar-refractivity contribution in [2.75, 3.05) is 14.2 Å². The molecule has 0 spiro atoms. The molecule has 0 fully saturated rings. The summed E-state index contributed by atoms with van der Waals surface area (Å²) < 4.78 is 47.0. The van der Waals surface area contributed by atoms with Crippen LogP contribution in [0.2, 0.25) is 0 Å². The molecule has 0 heterocycles. The molecule has 7 heteroatoms. The minimum atomic E-state index is -4.16. The van der Waals surface area contributed by atoms with E-state index in [0.717, 1.165) is 0 Å². The van der Waals surface area contributed by atoms with Crippen LogP contribution >= 0.6 is 0 Å². The van der Waals surface area contributed by atoms with E-state index in [1.807, 2.05) is 0 Å². The number of halogens is 3. The van der Waals surface area contributed by atoms with Crippen LogP contribution in [0, 0.1) is 0 Å². The summed E-state index contributed by atoms with van der Waals surface area (Å²) in [5.41, 5.74) is 3.21. The number of rotatable bonds is 7. The molecule has 4 nitrogen and oxygen atoms in total. The van der Waals surface area contributed by atoms with Crippen molar-refractivity contribution in [1.82, 2.24) is 5.43 Å². The lowest BCUT2D eigenvalue weighted by atomic mass is 10.00. The van der Waals surface area contributed by atoms with Crippen LogP contribution in [0.3, 0.4) is 0 Å². The molecule has 3 N–H and O–H groups in total. The van der Waals surface area contributed by atoms with Gasteiger partial charge in [0.1, 0.15) is 0 Å². The van der Waals surface area contributed by atoms with Crippen molar-refractivity contribution in [1.29, 1.82) is 0 Å². The molecular formula is C13H19F3N2O2. The summed E-state index contributed by atoms with van der Waals surface area (Å²) in [5.74, 6) is 6.43. The quantitative estimate of drug-likeness (QED) is 0.599. The molecule has 0 aromatic heterocycles. The van der Waals surface area contributed by atoms with Gasteiger partial charge in [0.25, 0.3) is 0 Å². The summed E-state index contributed by atoms with van der Waals surface area (Å²) in [6, 6.07) is 4.78. The van der Waals surface area contributed by atoms with Crippen molar-refractivity contribution in [2.24, 2.45) is 5.84 Å². The van der Waals surface area contributed by atoms with Crippen LogP contribution in [0.1, 0.15) is 30.9 Å². The first kappa shape index (κ1) is 16.6. The molecule has 1 aromatic rings. The van der Waals surface area contributed by atoms with Crippen LogP contribution in [0.4, 0.5) is 13.2 Å². The van der Waals surface area contributed by atoms with Gasteiger partial charge in [-0.05, 0) is 18.9 Å². The van der Waals surface area contributed by atoms with Crippen LogP contribution in [0.5, 0.6) is 11.5 Å². The fourth-order valence-electron chi connectivity index (χ4n) is 2.02. The molecule has 0 saturated carbocycles. The second kappa shape index (κ2) is 7.35. The second-order valence-corrected chi connectivity index (χ2v) is 4.31. The Kier molecular flexibility index (Phi) is 6.09. The number of para-hydroxylation sites is 1. The van der Waals surface area contributed by atoms with E-state index in [2.05, 4.69) is 5.43 Å². The minimum absolute atomic E-state index is 0.0151. The molecule has 1 aromatic carbocycles. The monoisotopic (exact) mass is 292 g/mol. The van der Waals surface area contributed by atoms with Gasteiger partial charge in [-0.1, -0.05) is 12.1 Å². The Hall–Kier alpha value is -1.47. The van der Waals surface area contributed by atoms with E-state index >= 15 is 0 Å². The fourth-order valence-corrected chi connectivity index (χ4v) is 2.02. The van der Waals surface area contributed by atoms with Gasteiger partial charge in [-0.2, -0.15) is 13.2 Å². The number of hydrogen-bond donors (Lipinski definition) is 2. The number of nitrogens with one attached hydrogen (secondary N) is 1. The van der Waals surface area contributed by atoms with Gasteiger partial charge in [-0.3, -0.25) is 11.3 Å². The molecule has 0 aliphatic heterocycles. The average molecular weight is 292 g/mol. The Labute approximate surface area is 116 Å². The molecule has 0 bridgehead atoms. The zero-order valence-electron chi connectivity index (χ0n) is 11.5. The average Bonchev–Trinajstić information content (AvgIpc) is 2.41. The Morgan fingerprint density at radius 2 is 1.95 bits per heavy atom. The maximum Gasteiger partial charge on any atom is 0.389 e. The van der Waals surface area contributed by atoms with Crippen molar-refractivity contribution >= 4 is 0 Å². The SMILES string of the molecule is COc1cccc(C(CCCC(F)(F)F)NN)c1OC. The molecule has 114 valence electrons. The molecular weight excluding hydrogens is 273 g/mol. The van der Waals surface area contributed by atoms with Crippen molar-refractivity contribution in [2.45, 2.75) is 31.5 Å². The highest BCUT2D eigenvalue weighted by Crippen LogP contribution is 2.36. The van der Waals surface area contributed by atoms with Crippen molar-refractivity contribution in [3.63, 3.8) is 0 Å². The third-order valence-corrected chi connectivity index (χ3v) is 2.96. The van der Waals surface area contributed by atoms with Crippen LogP contribution in [-0.2, 0) is 0 Å². The number of nitrogens with two attached hydrogens (primary N) is 1. The highest BCUT2D eigenvalue weighted by Gasteiger charge is 2.27. The first-order valence-electron chi connectivity index (χ1n) is 6.16. The summed E-state index contributed by atoms with van der Waals surface area (Å²) in [7, 11) is 2.97. The number of alkyl halides is 3. The minimum Gasteiger partial charge on any atom is -0.493 e. The molecule has 20 heavy (non-hydrogen) atoms. The van der Waals surface area contributed by atoms with Gasteiger partial charge in [-0.15, -0.1) is 0 Å². The number of methoxy groups -OCH3 is 2. The molecule has 1 atom stereocenters. The van der Waals surface area contributed by atoms with Crippen molar-refractivity contribution in [3.8, 4) is 11.5 Å². The zero-order valence-corrected chi connectivity index (χ0v) is 11.5. The maximum absolute atomic E-state index is 12.2. The van der Waals surface area contributed by atoms with Crippen LogP contribution in [-0.4, -0.2) is 20.4 Å². The third kappa shape index (κ3) is 4.57. The van der Waals surface area contributed by atoms with Gasteiger partial charge in [-0.25, -0.2) is 0 Å². The van der Waals surface area contributed by atoms with E-state index in [1.54, 1.807) is 18.2 Å². The molecule has 1 rings (SSSR count). The van der Waals surface area contributed by atoms with Gasteiger partial charge in [0, 0.05) is 18.0 Å². The number of hydrogen-bond acceptors (Lipinski definition) is 4. The maximum atomic E-state index is 12.2. The van der Waals surface area contributed by atoms with Crippen molar-refractivity contribution in [3.05, 3.63) is 23.8 Å². The second-order valence-electron chi connectivity index (χ2n) is 4.31. The van der Waals surface area contributed by atoms with Gasteiger partial charge >= 0.3 is 6.18 Å². The van der Waals surface area contributed by atoms with Gasteiger partial charge in [0.05, 0.1) is 14.2 Å². The largest absolute Gasteiger partial charge is 0.493 e. The Bertz CT molecular complexity index is 425. The first-order valence-corrected chi connectivity index (χ1v) is 6.16. The summed E-state index contributed by atoms with van der Waals surface area (Å²) in [4.78, 5) is 0. The number of ether oxygens (including phenoxy) is 2. The lowest BCUT2D eigenvalue weighted by Crippen LogP contribution is -2.28. The van der Waals surface area contributed by atoms with Gasteiger partial charge in [0.2, 0.25) is 0 Å². The molecule has 0 aliphatic carbocycles. The topological polar surface area (TPSA) is 56.5 Å². The summed E-state index contributed by atoms with van der Waals surface area (Å²) in [6.45, 7) is 0. The highest BCUT2D eigenvalue weighted by atomic mass is 19.4. The zero-order chi connectivity index (χ0) is 15.2. The summed E-state index contributed by atoms with van der Waals surface area (Å²) >= 11 is 0. The lowest BCUT2D eigenvalue weighted by Gasteiger charge is -2.20. The van der Waals surface area contributed by atoms with Gasteiger partial charge in [0.15, 0.2) is 11.5 Å². The number of benzene rings is 1. The fraction of sp³-hybridized carbons (Fsp3) is 0.538. The normalized spacial score (nSPS) is 13.1. The molecule has 0 amide bonds. The summed E-state index contributed by atoms with van der Waals surface area (Å²) in [6.07, 6.45) is -4.76. The Balaban J connectivity index is 2.84. The van der Waals surface area contributed by atoms with Crippen LogP contribution < -0.4 is 20.7 Å².